The second-order valence-corrected chi connectivity index (χ2v) is 4.78. The lowest BCUT2D eigenvalue weighted by atomic mass is 10.2. The number of aliphatic imine (C=N–C) groups is 1. The summed E-state index contributed by atoms with van der Waals surface area (Å²) in [5.41, 5.74) is 7.13. The van der Waals surface area contributed by atoms with Crippen molar-refractivity contribution in [3.05, 3.63) is 23.9 Å². The van der Waals surface area contributed by atoms with Gasteiger partial charge in [0.1, 0.15) is 0 Å². The lowest BCUT2D eigenvalue weighted by Gasteiger charge is -2.21. The summed E-state index contributed by atoms with van der Waals surface area (Å²) in [6, 6.07) is 3.82. The fourth-order valence-electron chi connectivity index (χ4n) is 2.23. The van der Waals surface area contributed by atoms with Crippen LogP contribution in [-0.4, -0.2) is 36.0 Å². The Morgan fingerprint density at radius 1 is 1.37 bits per heavy atom. The first-order valence-electron chi connectivity index (χ1n) is 6.83. The summed E-state index contributed by atoms with van der Waals surface area (Å²) in [5.74, 6) is 1.26. The number of nitrogens with zero attached hydrogens (tertiary/aromatic N) is 3. The number of ether oxygens (including phenoxy) is 1. The van der Waals surface area contributed by atoms with Crippen LogP contribution < -0.4 is 10.5 Å². The minimum atomic E-state index is 0.571. The van der Waals surface area contributed by atoms with Gasteiger partial charge in [-0.15, -0.1) is 0 Å². The van der Waals surface area contributed by atoms with Crippen molar-refractivity contribution in [2.75, 3.05) is 20.2 Å². The van der Waals surface area contributed by atoms with Gasteiger partial charge in [-0.1, -0.05) is 12.8 Å². The maximum atomic E-state index is 6.07. The molecular formula is C14H22N4O. The molecule has 0 bridgehead atoms. The van der Waals surface area contributed by atoms with E-state index in [9.17, 15) is 0 Å². The van der Waals surface area contributed by atoms with E-state index in [1.807, 2.05) is 12.1 Å². The molecule has 2 rings (SSSR count). The van der Waals surface area contributed by atoms with E-state index in [-0.39, 0.29) is 0 Å². The highest BCUT2D eigenvalue weighted by atomic mass is 16.5. The van der Waals surface area contributed by atoms with Crippen LogP contribution in [0.3, 0.4) is 0 Å². The third kappa shape index (κ3) is 4.12. The zero-order chi connectivity index (χ0) is 13.5. The van der Waals surface area contributed by atoms with Crippen molar-refractivity contribution in [1.29, 1.82) is 0 Å². The molecule has 1 fully saturated rings. The molecule has 0 amide bonds. The number of methoxy groups -OCH3 is 1. The Hall–Kier alpha value is -1.78. The summed E-state index contributed by atoms with van der Waals surface area (Å²) in [4.78, 5) is 10.7. The number of pyridine rings is 1. The highest BCUT2D eigenvalue weighted by Crippen LogP contribution is 2.11. The highest BCUT2D eigenvalue weighted by Gasteiger charge is 2.10. The van der Waals surface area contributed by atoms with Gasteiger partial charge < -0.3 is 15.4 Å². The molecule has 1 aliphatic heterocycles. The van der Waals surface area contributed by atoms with Gasteiger partial charge in [-0.05, 0) is 24.5 Å². The highest BCUT2D eigenvalue weighted by molar-refractivity contribution is 5.78. The monoisotopic (exact) mass is 262 g/mol. The molecule has 2 N–H and O–H groups in total. The molecule has 1 aromatic rings. The first-order chi connectivity index (χ1) is 9.29. The van der Waals surface area contributed by atoms with Gasteiger partial charge in [0, 0.05) is 25.4 Å². The first kappa shape index (κ1) is 13.6. The van der Waals surface area contributed by atoms with Crippen LogP contribution in [0.15, 0.2) is 23.3 Å². The van der Waals surface area contributed by atoms with E-state index in [0.717, 1.165) is 18.7 Å². The van der Waals surface area contributed by atoms with E-state index in [1.54, 1.807) is 13.3 Å². The molecule has 1 saturated heterocycles. The molecule has 5 heteroatoms. The number of likely N-dealkylation sites (tertiary alicyclic amines) is 1. The summed E-state index contributed by atoms with van der Waals surface area (Å²) in [5, 5.41) is 0. The lowest BCUT2D eigenvalue weighted by molar-refractivity contribution is 0.397. The van der Waals surface area contributed by atoms with Crippen molar-refractivity contribution in [2.45, 2.75) is 32.2 Å². The predicted octanol–water partition coefficient (Wildman–Crippen LogP) is 1.78. The summed E-state index contributed by atoms with van der Waals surface area (Å²) in [6.45, 7) is 2.62. The minimum Gasteiger partial charge on any atom is -0.481 e. The molecule has 5 nitrogen and oxygen atoms in total. The standard InChI is InChI=1S/C14H22N4O/c1-19-13-10-12(6-7-16-13)11-17-14(15)18-8-4-2-3-5-9-18/h6-7,10H,2-5,8-9,11H2,1H3,(H2,15,17). The first-order valence-corrected chi connectivity index (χ1v) is 6.83. The minimum absolute atomic E-state index is 0.571. The second kappa shape index (κ2) is 6.97. The molecule has 0 radical (unpaired) electrons. The number of rotatable bonds is 3. The largest absolute Gasteiger partial charge is 0.481 e. The number of aromatic nitrogens is 1. The number of nitrogens with two attached hydrogens (primary N) is 1. The van der Waals surface area contributed by atoms with E-state index in [2.05, 4.69) is 14.9 Å². The van der Waals surface area contributed by atoms with Gasteiger partial charge in [0.25, 0.3) is 0 Å². The van der Waals surface area contributed by atoms with Crippen LogP contribution in [-0.2, 0) is 6.54 Å². The molecule has 1 aromatic heterocycles. The maximum absolute atomic E-state index is 6.07. The Labute approximate surface area is 114 Å². The molecule has 1 aliphatic rings. The van der Waals surface area contributed by atoms with E-state index < -0.39 is 0 Å². The quantitative estimate of drug-likeness (QED) is 0.666. The molecular weight excluding hydrogens is 240 g/mol. The summed E-state index contributed by atoms with van der Waals surface area (Å²) in [6.07, 6.45) is 6.74. The molecule has 0 aromatic carbocycles. The van der Waals surface area contributed by atoms with Crippen molar-refractivity contribution < 1.29 is 4.74 Å². The van der Waals surface area contributed by atoms with E-state index >= 15 is 0 Å². The van der Waals surface area contributed by atoms with Gasteiger partial charge in [0.05, 0.1) is 13.7 Å². The van der Waals surface area contributed by atoms with Gasteiger partial charge in [0.15, 0.2) is 5.96 Å². The van der Waals surface area contributed by atoms with Gasteiger partial charge in [-0.2, -0.15) is 0 Å². The van der Waals surface area contributed by atoms with Gasteiger partial charge in [0.2, 0.25) is 5.88 Å². The van der Waals surface area contributed by atoms with Gasteiger partial charge >= 0.3 is 0 Å². The molecule has 0 spiro atoms. The van der Waals surface area contributed by atoms with Crippen LogP contribution >= 0.6 is 0 Å². The number of guanidine groups is 1. The average Bonchev–Trinajstić information content (AvgIpc) is 2.74. The van der Waals surface area contributed by atoms with Crippen molar-refractivity contribution in [2.24, 2.45) is 10.7 Å². The topological polar surface area (TPSA) is 63.7 Å². The smallest absolute Gasteiger partial charge is 0.213 e. The molecule has 0 atom stereocenters. The van der Waals surface area contributed by atoms with Crippen LogP contribution in [0.4, 0.5) is 0 Å². The Morgan fingerprint density at radius 2 is 2.11 bits per heavy atom. The van der Waals surface area contributed by atoms with Gasteiger partial charge in [-0.3, -0.25) is 0 Å². The zero-order valence-electron chi connectivity index (χ0n) is 11.5. The van der Waals surface area contributed by atoms with E-state index in [1.165, 1.54) is 25.7 Å². The van der Waals surface area contributed by atoms with Crippen LogP contribution in [0.2, 0.25) is 0 Å². The molecule has 104 valence electrons. The summed E-state index contributed by atoms with van der Waals surface area (Å²) >= 11 is 0. The second-order valence-electron chi connectivity index (χ2n) is 4.78. The average molecular weight is 262 g/mol. The molecule has 0 aliphatic carbocycles. The van der Waals surface area contributed by atoms with Crippen molar-refractivity contribution >= 4 is 5.96 Å². The SMILES string of the molecule is COc1cc(CN=C(N)N2CCCCCC2)ccn1. The summed E-state index contributed by atoms with van der Waals surface area (Å²) in [7, 11) is 1.61. The Balaban J connectivity index is 1.96. The van der Waals surface area contributed by atoms with Crippen molar-refractivity contribution in [1.82, 2.24) is 9.88 Å². The van der Waals surface area contributed by atoms with E-state index in [0.29, 0.717) is 18.4 Å². The Morgan fingerprint density at radius 3 is 2.79 bits per heavy atom. The third-order valence-corrected chi connectivity index (χ3v) is 3.36. The zero-order valence-corrected chi connectivity index (χ0v) is 11.5. The van der Waals surface area contributed by atoms with Crippen LogP contribution in [0.25, 0.3) is 0 Å². The Kier molecular flexibility index (Phi) is 5.01. The summed E-state index contributed by atoms with van der Waals surface area (Å²) < 4.78 is 5.09. The lowest BCUT2D eigenvalue weighted by Crippen LogP contribution is -2.38. The number of hydrogen-bond acceptors (Lipinski definition) is 3. The normalized spacial score (nSPS) is 17.1. The maximum Gasteiger partial charge on any atom is 0.213 e. The fraction of sp³-hybridized carbons (Fsp3) is 0.571. The predicted molar refractivity (Wildman–Crippen MR) is 76.2 cm³/mol. The number of hydrogen-bond donors (Lipinski definition) is 1. The molecule has 0 unspecified atom stereocenters. The van der Waals surface area contributed by atoms with Crippen LogP contribution in [0, 0.1) is 0 Å². The van der Waals surface area contributed by atoms with Crippen LogP contribution in [0.1, 0.15) is 31.2 Å². The van der Waals surface area contributed by atoms with E-state index in [4.69, 9.17) is 10.5 Å². The van der Waals surface area contributed by atoms with Crippen molar-refractivity contribution in [3.63, 3.8) is 0 Å². The fourth-order valence-corrected chi connectivity index (χ4v) is 2.23. The molecule has 2 heterocycles. The Bertz CT molecular complexity index is 425. The molecule has 19 heavy (non-hydrogen) atoms. The van der Waals surface area contributed by atoms with Crippen molar-refractivity contribution in [3.8, 4) is 5.88 Å². The molecule has 0 saturated carbocycles. The van der Waals surface area contributed by atoms with Crippen LogP contribution in [0.5, 0.6) is 5.88 Å². The van der Waals surface area contributed by atoms with Gasteiger partial charge in [-0.25, -0.2) is 9.98 Å². The third-order valence-electron chi connectivity index (χ3n) is 3.36.